The number of benzene rings is 2. The highest BCUT2D eigenvalue weighted by atomic mass is 32.2. The van der Waals surface area contributed by atoms with E-state index in [1.807, 2.05) is 6.07 Å². The standard InChI is InChI=1S/C22H24N2O7S2/c1-30-19-11-10-18-21(16-4-3-5-17(16)22(25)24-18)20(19)14-6-8-15(9-7-14)33(28,29)23-12-13-31-32(2,26)27/h6-11,23H,3-5,12-13H2,1-2H3,(H,24,25). The number of aryl methyl sites for hydroxylation is 1. The quantitative estimate of drug-likeness (QED) is 0.363. The van der Waals surface area contributed by atoms with Gasteiger partial charge >= 0.3 is 0 Å². The van der Waals surface area contributed by atoms with Crippen molar-refractivity contribution in [3.63, 3.8) is 0 Å². The van der Waals surface area contributed by atoms with Crippen LogP contribution in [0.4, 0.5) is 0 Å². The van der Waals surface area contributed by atoms with E-state index >= 15 is 0 Å². The zero-order valence-electron chi connectivity index (χ0n) is 18.2. The van der Waals surface area contributed by atoms with Gasteiger partial charge < -0.3 is 9.72 Å². The number of pyridine rings is 1. The third-order valence-electron chi connectivity index (χ3n) is 5.57. The van der Waals surface area contributed by atoms with Gasteiger partial charge in [0, 0.05) is 28.6 Å². The molecule has 1 aromatic heterocycles. The summed E-state index contributed by atoms with van der Waals surface area (Å²) in [6, 6.07) is 9.91. The van der Waals surface area contributed by atoms with Gasteiger partial charge in [0.25, 0.3) is 15.7 Å². The van der Waals surface area contributed by atoms with Crippen LogP contribution in [0, 0.1) is 0 Å². The lowest BCUT2D eigenvalue weighted by Crippen LogP contribution is -2.28. The molecule has 1 aliphatic rings. The van der Waals surface area contributed by atoms with Crippen LogP contribution in [0.15, 0.2) is 46.1 Å². The predicted octanol–water partition coefficient (Wildman–Crippen LogP) is 1.95. The van der Waals surface area contributed by atoms with Gasteiger partial charge in [0.2, 0.25) is 10.0 Å². The molecular formula is C22H24N2O7S2. The molecule has 0 bridgehead atoms. The minimum absolute atomic E-state index is 0.0310. The number of aromatic nitrogens is 1. The first-order valence-corrected chi connectivity index (χ1v) is 13.6. The molecule has 0 radical (unpaired) electrons. The van der Waals surface area contributed by atoms with Gasteiger partial charge in [0.1, 0.15) is 5.75 Å². The molecule has 0 saturated carbocycles. The van der Waals surface area contributed by atoms with Gasteiger partial charge in [-0.25, -0.2) is 13.1 Å². The average Bonchev–Trinajstić information content (AvgIpc) is 3.26. The van der Waals surface area contributed by atoms with Crippen LogP contribution in [0.1, 0.15) is 17.5 Å². The van der Waals surface area contributed by atoms with Gasteiger partial charge in [0.05, 0.1) is 24.9 Å². The lowest BCUT2D eigenvalue weighted by atomic mass is 9.94. The molecule has 1 heterocycles. The van der Waals surface area contributed by atoms with Gasteiger partial charge in [-0.2, -0.15) is 8.42 Å². The summed E-state index contributed by atoms with van der Waals surface area (Å²) < 4.78 is 59.6. The molecule has 1 aliphatic carbocycles. The first kappa shape index (κ1) is 23.4. The maximum Gasteiger partial charge on any atom is 0.264 e. The number of ether oxygens (including phenoxy) is 1. The Hall–Kier alpha value is -2.73. The Balaban J connectivity index is 1.70. The number of H-pyrrole nitrogens is 1. The number of rotatable bonds is 8. The van der Waals surface area contributed by atoms with Crippen LogP contribution in [-0.2, 0) is 37.2 Å². The third-order valence-corrected chi connectivity index (χ3v) is 7.65. The predicted molar refractivity (Wildman–Crippen MR) is 125 cm³/mol. The van der Waals surface area contributed by atoms with Crippen molar-refractivity contribution in [2.75, 3.05) is 26.5 Å². The fourth-order valence-electron chi connectivity index (χ4n) is 4.18. The van der Waals surface area contributed by atoms with E-state index in [0.29, 0.717) is 11.3 Å². The lowest BCUT2D eigenvalue weighted by Gasteiger charge is -2.16. The van der Waals surface area contributed by atoms with E-state index in [2.05, 4.69) is 13.9 Å². The van der Waals surface area contributed by atoms with E-state index in [0.717, 1.165) is 53.2 Å². The zero-order chi connectivity index (χ0) is 23.8. The van der Waals surface area contributed by atoms with Crippen molar-refractivity contribution in [1.29, 1.82) is 0 Å². The number of nitrogens with one attached hydrogen (secondary N) is 2. The minimum atomic E-state index is -3.85. The number of methoxy groups -OCH3 is 1. The number of hydrogen-bond donors (Lipinski definition) is 2. The summed E-state index contributed by atoms with van der Waals surface area (Å²) in [5.41, 5.74) is 3.98. The van der Waals surface area contributed by atoms with Crippen molar-refractivity contribution in [2.24, 2.45) is 0 Å². The SMILES string of the molecule is COc1ccc2[nH]c(=O)c3c(c2c1-c1ccc(S(=O)(=O)NCCOS(C)(=O)=O)cc1)CCC3. The molecule has 11 heteroatoms. The summed E-state index contributed by atoms with van der Waals surface area (Å²) in [6.45, 7) is -0.486. The van der Waals surface area contributed by atoms with E-state index in [9.17, 15) is 21.6 Å². The second-order valence-electron chi connectivity index (χ2n) is 7.78. The van der Waals surface area contributed by atoms with E-state index in [4.69, 9.17) is 4.74 Å². The highest BCUT2D eigenvalue weighted by molar-refractivity contribution is 7.89. The molecule has 2 N–H and O–H groups in total. The molecule has 0 unspecified atom stereocenters. The number of sulfonamides is 1. The number of hydrogen-bond acceptors (Lipinski definition) is 7. The number of aromatic amines is 1. The van der Waals surface area contributed by atoms with E-state index in [1.54, 1.807) is 25.3 Å². The largest absolute Gasteiger partial charge is 0.496 e. The monoisotopic (exact) mass is 492 g/mol. The highest BCUT2D eigenvalue weighted by Crippen LogP contribution is 2.40. The summed E-state index contributed by atoms with van der Waals surface area (Å²) in [7, 11) is -5.93. The fourth-order valence-corrected chi connectivity index (χ4v) is 5.58. The van der Waals surface area contributed by atoms with Crippen molar-refractivity contribution in [1.82, 2.24) is 9.71 Å². The maximum absolute atomic E-state index is 12.6. The normalized spacial score (nSPS) is 13.9. The van der Waals surface area contributed by atoms with Gasteiger partial charge in [-0.3, -0.25) is 8.98 Å². The highest BCUT2D eigenvalue weighted by Gasteiger charge is 2.23. The van der Waals surface area contributed by atoms with Gasteiger partial charge in [0.15, 0.2) is 0 Å². The summed E-state index contributed by atoms with van der Waals surface area (Å²) >= 11 is 0. The van der Waals surface area contributed by atoms with Gasteiger partial charge in [-0.1, -0.05) is 12.1 Å². The molecule has 0 aliphatic heterocycles. The van der Waals surface area contributed by atoms with E-state index in [-0.39, 0.29) is 23.6 Å². The summed E-state index contributed by atoms with van der Waals surface area (Å²) in [5, 5.41) is 0.910. The molecule has 176 valence electrons. The van der Waals surface area contributed by atoms with Crippen LogP contribution < -0.4 is 15.0 Å². The molecule has 2 aromatic carbocycles. The maximum atomic E-state index is 12.6. The minimum Gasteiger partial charge on any atom is -0.496 e. The molecule has 33 heavy (non-hydrogen) atoms. The van der Waals surface area contributed by atoms with E-state index in [1.165, 1.54) is 12.1 Å². The summed E-state index contributed by atoms with van der Waals surface area (Å²) in [6.07, 6.45) is 3.32. The topological polar surface area (TPSA) is 132 Å². The molecule has 0 atom stereocenters. The molecule has 0 amide bonds. The van der Waals surface area contributed by atoms with Gasteiger partial charge in [-0.05, 0) is 54.7 Å². The molecule has 4 rings (SSSR count). The Morgan fingerprint density at radius 3 is 2.36 bits per heavy atom. The summed E-state index contributed by atoms with van der Waals surface area (Å²) in [5.74, 6) is 0.621. The van der Waals surface area contributed by atoms with Crippen LogP contribution in [0.5, 0.6) is 5.75 Å². The zero-order valence-corrected chi connectivity index (χ0v) is 19.8. The molecule has 9 nitrogen and oxygen atoms in total. The molecular weight excluding hydrogens is 468 g/mol. The third kappa shape index (κ3) is 4.81. The first-order chi connectivity index (χ1) is 15.6. The molecule has 3 aromatic rings. The first-order valence-electron chi connectivity index (χ1n) is 10.3. The Bertz CT molecular complexity index is 1480. The fraction of sp³-hybridized carbons (Fsp3) is 0.318. The van der Waals surface area contributed by atoms with Crippen molar-refractivity contribution < 1.29 is 25.8 Å². The molecule has 0 saturated heterocycles. The van der Waals surface area contributed by atoms with Crippen molar-refractivity contribution >= 4 is 31.0 Å². The second-order valence-corrected chi connectivity index (χ2v) is 11.2. The Kier molecular flexibility index (Phi) is 6.32. The summed E-state index contributed by atoms with van der Waals surface area (Å²) in [4.78, 5) is 15.4. The van der Waals surface area contributed by atoms with Crippen molar-refractivity contribution in [3.8, 4) is 16.9 Å². The second kappa shape index (κ2) is 8.90. The Morgan fingerprint density at radius 2 is 1.70 bits per heavy atom. The van der Waals surface area contributed by atoms with Crippen LogP contribution in [0.3, 0.4) is 0 Å². The molecule has 0 fully saturated rings. The van der Waals surface area contributed by atoms with E-state index < -0.39 is 20.1 Å². The van der Waals surface area contributed by atoms with Crippen molar-refractivity contribution in [3.05, 3.63) is 57.9 Å². The number of fused-ring (bicyclic) bond motifs is 3. The van der Waals surface area contributed by atoms with Crippen LogP contribution in [0.25, 0.3) is 22.0 Å². The lowest BCUT2D eigenvalue weighted by molar-refractivity contribution is 0.326. The van der Waals surface area contributed by atoms with Crippen LogP contribution in [-0.4, -0.2) is 48.3 Å². The van der Waals surface area contributed by atoms with Crippen molar-refractivity contribution in [2.45, 2.75) is 24.2 Å². The Morgan fingerprint density at radius 1 is 1.00 bits per heavy atom. The smallest absolute Gasteiger partial charge is 0.264 e. The van der Waals surface area contributed by atoms with Crippen LogP contribution >= 0.6 is 0 Å². The van der Waals surface area contributed by atoms with Crippen LogP contribution in [0.2, 0.25) is 0 Å². The molecule has 0 spiro atoms. The average molecular weight is 493 g/mol. The van der Waals surface area contributed by atoms with Gasteiger partial charge in [-0.15, -0.1) is 0 Å². The Labute approximate surface area is 191 Å².